The summed E-state index contributed by atoms with van der Waals surface area (Å²) >= 11 is 0. The molecule has 0 atom stereocenters. The Bertz CT molecular complexity index is 369. The second-order valence-electron chi connectivity index (χ2n) is 3.93. The molecule has 0 radical (unpaired) electrons. The number of amides is 1. The van der Waals surface area contributed by atoms with Crippen LogP contribution in [0.4, 0.5) is 11.4 Å². The summed E-state index contributed by atoms with van der Waals surface area (Å²) in [7, 11) is 0. The average Bonchev–Trinajstić information content (AvgIpc) is 2.16. The summed E-state index contributed by atoms with van der Waals surface area (Å²) in [4.78, 5) is 11.2. The van der Waals surface area contributed by atoms with Gasteiger partial charge in [0.15, 0.2) is 0 Å². The minimum Gasteiger partial charge on any atom is -0.399 e. The minimum absolute atomic E-state index is 0.0364. The molecule has 0 aromatic heterocycles. The Hall–Kier alpha value is -1.71. The molecule has 2 rings (SSSR count). The quantitative estimate of drug-likeness (QED) is 0.648. The minimum atomic E-state index is -0.462. The number of carbonyl (C=O) groups is 1. The van der Waals surface area contributed by atoms with Gasteiger partial charge in [-0.1, -0.05) is 0 Å². The summed E-state index contributed by atoms with van der Waals surface area (Å²) in [5.74, 6) is 0.0364. The Morgan fingerprint density at radius 2 is 1.86 bits per heavy atom. The molecule has 0 spiro atoms. The van der Waals surface area contributed by atoms with Crippen LogP contribution < -0.4 is 16.2 Å². The number of carbonyl (C=O) groups excluding carboxylic acids is 1. The van der Waals surface area contributed by atoms with Gasteiger partial charge in [-0.25, -0.2) is 0 Å². The van der Waals surface area contributed by atoms with E-state index in [1.807, 2.05) is 43.1 Å². The number of rotatable bonds is 1. The molecule has 1 fully saturated rings. The number of hydrogen-bond donors (Lipinski definition) is 2. The van der Waals surface area contributed by atoms with Gasteiger partial charge in [0.2, 0.25) is 0 Å². The molecule has 0 unspecified atom stereocenters. The Kier molecular flexibility index (Phi) is 1.67. The zero-order chi connectivity index (χ0) is 10.3. The average molecular weight is 191 g/mol. The molecule has 4 nitrogen and oxygen atoms in total. The summed E-state index contributed by atoms with van der Waals surface area (Å²) in [6.07, 6.45) is 0. The van der Waals surface area contributed by atoms with Crippen LogP contribution in [-0.4, -0.2) is 11.4 Å². The van der Waals surface area contributed by atoms with Gasteiger partial charge in [-0.15, -0.1) is 0 Å². The summed E-state index contributed by atoms with van der Waals surface area (Å²) in [5.41, 5.74) is 9.50. The molecule has 1 amide bonds. The maximum Gasteiger partial charge on any atom is 0.265 e. The van der Waals surface area contributed by atoms with E-state index in [1.165, 1.54) is 0 Å². The third-order valence-corrected chi connectivity index (χ3v) is 2.48. The fourth-order valence-electron chi connectivity index (χ4n) is 1.44. The van der Waals surface area contributed by atoms with Crippen molar-refractivity contribution in [2.24, 2.45) is 0 Å². The molecule has 1 saturated heterocycles. The van der Waals surface area contributed by atoms with Crippen molar-refractivity contribution in [1.82, 2.24) is 5.43 Å². The van der Waals surface area contributed by atoms with E-state index in [1.54, 1.807) is 0 Å². The highest BCUT2D eigenvalue weighted by atomic mass is 16.2. The van der Waals surface area contributed by atoms with Crippen molar-refractivity contribution in [3.8, 4) is 0 Å². The number of nitrogens with two attached hydrogens (primary N) is 1. The van der Waals surface area contributed by atoms with Crippen molar-refractivity contribution in [1.29, 1.82) is 0 Å². The lowest BCUT2D eigenvalue weighted by Gasteiger charge is -2.48. The van der Waals surface area contributed by atoms with E-state index in [4.69, 9.17) is 5.73 Å². The van der Waals surface area contributed by atoms with Gasteiger partial charge in [0.25, 0.3) is 5.91 Å². The molecule has 74 valence electrons. The largest absolute Gasteiger partial charge is 0.399 e. The molecular formula is C10H13N3O. The lowest BCUT2D eigenvalue weighted by Crippen LogP contribution is -2.73. The molecule has 0 aliphatic carbocycles. The third-order valence-electron chi connectivity index (χ3n) is 2.48. The van der Waals surface area contributed by atoms with E-state index < -0.39 is 5.54 Å². The van der Waals surface area contributed by atoms with E-state index in [-0.39, 0.29) is 5.91 Å². The van der Waals surface area contributed by atoms with Crippen LogP contribution in [0.3, 0.4) is 0 Å². The van der Waals surface area contributed by atoms with Gasteiger partial charge in [0.05, 0.1) is 5.69 Å². The van der Waals surface area contributed by atoms with Gasteiger partial charge >= 0.3 is 0 Å². The van der Waals surface area contributed by atoms with Gasteiger partial charge < -0.3 is 5.73 Å². The first-order valence-corrected chi connectivity index (χ1v) is 4.48. The highest BCUT2D eigenvalue weighted by molar-refractivity contribution is 5.97. The van der Waals surface area contributed by atoms with Crippen LogP contribution in [0.2, 0.25) is 0 Å². The topological polar surface area (TPSA) is 58.4 Å². The first-order chi connectivity index (χ1) is 6.51. The molecule has 0 bridgehead atoms. The Morgan fingerprint density at radius 1 is 1.29 bits per heavy atom. The number of benzene rings is 1. The molecule has 0 saturated carbocycles. The molecule has 1 aliphatic heterocycles. The zero-order valence-electron chi connectivity index (χ0n) is 8.24. The number of nitrogens with one attached hydrogen (secondary N) is 1. The number of hydrogen-bond acceptors (Lipinski definition) is 3. The first-order valence-electron chi connectivity index (χ1n) is 4.48. The van der Waals surface area contributed by atoms with Crippen LogP contribution in [-0.2, 0) is 4.79 Å². The normalized spacial score (nSPS) is 18.7. The molecule has 3 N–H and O–H groups in total. The predicted octanol–water partition coefficient (Wildman–Crippen LogP) is 0.899. The van der Waals surface area contributed by atoms with Crippen molar-refractivity contribution in [2.45, 2.75) is 19.4 Å². The summed E-state index contributed by atoms with van der Waals surface area (Å²) in [5, 5.41) is 1.83. The van der Waals surface area contributed by atoms with Crippen LogP contribution in [0.5, 0.6) is 0 Å². The second kappa shape index (κ2) is 2.64. The zero-order valence-corrected chi connectivity index (χ0v) is 8.24. The van der Waals surface area contributed by atoms with Gasteiger partial charge in [-0.3, -0.25) is 15.2 Å². The molecule has 1 aromatic rings. The molecule has 1 aromatic carbocycles. The summed E-state index contributed by atoms with van der Waals surface area (Å²) in [6.45, 7) is 3.75. The lowest BCUT2D eigenvalue weighted by atomic mass is 9.98. The highest BCUT2D eigenvalue weighted by Crippen LogP contribution is 2.28. The van der Waals surface area contributed by atoms with Crippen LogP contribution in [0, 0.1) is 0 Å². The Labute approximate surface area is 82.7 Å². The van der Waals surface area contributed by atoms with Crippen LogP contribution in [0.1, 0.15) is 13.8 Å². The number of nitrogens with zero attached hydrogens (tertiary/aromatic N) is 1. The van der Waals surface area contributed by atoms with Crippen molar-refractivity contribution < 1.29 is 4.79 Å². The van der Waals surface area contributed by atoms with Crippen molar-refractivity contribution in [2.75, 3.05) is 10.7 Å². The summed E-state index contributed by atoms with van der Waals surface area (Å²) in [6, 6.07) is 7.40. The Morgan fingerprint density at radius 3 is 2.29 bits per heavy atom. The van der Waals surface area contributed by atoms with E-state index in [0.29, 0.717) is 0 Å². The maximum absolute atomic E-state index is 11.2. The number of nitrogen functional groups attached to an aromatic ring is 1. The highest BCUT2D eigenvalue weighted by Gasteiger charge is 2.45. The van der Waals surface area contributed by atoms with E-state index in [2.05, 4.69) is 5.43 Å². The fraction of sp³-hybridized carbons (Fsp3) is 0.300. The Balaban J connectivity index is 2.26. The van der Waals surface area contributed by atoms with Crippen LogP contribution in [0.25, 0.3) is 0 Å². The van der Waals surface area contributed by atoms with E-state index in [0.717, 1.165) is 11.4 Å². The SMILES string of the molecule is CC1(C)C(=O)NN1c1ccc(N)cc1. The maximum atomic E-state index is 11.2. The van der Waals surface area contributed by atoms with Crippen molar-refractivity contribution in [3.05, 3.63) is 24.3 Å². The van der Waals surface area contributed by atoms with E-state index >= 15 is 0 Å². The van der Waals surface area contributed by atoms with Gasteiger partial charge in [0.1, 0.15) is 5.54 Å². The molecule has 4 heteroatoms. The van der Waals surface area contributed by atoms with Crippen LogP contribution in [0.15, 0.2) is 24.3 Å². The standard InChI is InChI=1S/C10H13N3O/c1-10(2)9(14)12-13(10)8-5-3-7(11)4-6-8/h3-6H,11H2,1-2H3,(H,12,14). The second-order valence-corrected chi connectivity index (χ2v) is 3.93. The number of hydrazine groups is 1. The smallest absolute Gasteiger partial charge is 0.265 e. The van der Waals surface area contributed by atoms with Gasteiger partial charge in [-0.2, -0.15) is 0 Å². The third kappa shape index (κ3) is 1.11. The van der Waals surface area contributed by atoms with E-state index in [9.17, 15) is 4.79 Å². The fourth-order valence-corrected chi connectivity index (χ4v) is 1.44. The summed E-state index contributed by atoms with van der Waals surface area (Å²) < 4.78 is 0. The number of anilines is 2. The lowest BCUT2D eigenvalue weighted by molar-refractivity contribution is -0.133. The first kappa shape index (κ1) is 8.87. The molecule has 1 aliphatic rings. The molecular weight excluding hydrogens is 178 g/mol. The van der Waals surface area contributed by atoms with Crippen molar-refractivity contribution >= 4 is 17.3 Å². The molecule has 14 heavy (non-hydrogen) atoms. The molecule has 1 heterocycles. The van der Waals surface area contributed by atoms with Crippen LogP contribution >= 0.6 is 0 Å². The van der Waals surface area contributed by atoms with Gasteiger partial charge in [0, 0.05) is 5.69 Å². The monoisotopic (exact) mass is 191 g/mol. The van der Waals surface area contributed by atoms with Crippen molar-refractivity contribution in [3.63, 3.8) is 0 Å². The van der Waals surface area contributed by atoms with Gasteiger partial charge in [-0.05, 0) is 38.1 Å². The predicted molar refractivity (Wildman–Crippen MR) is 55.6 cm³/mol.